The number of rotatable bonds is 2. The number of fused-ring (bicyclic) bond motifs is 2. The van der Waals surface area contributed by atoms with Crippen molar-refractivity contribution in [3.63, 3.8) is 0 Å². The molecule has 0 aromatic heterocycles. The maximum atomic E-state index is 11.6. The van der Waals surface area contributed by atoms with Crippen LogP contribution in [0.2, 0.25) is 0 Å². The molecule has 2 unspecified atom stereocenters. The number of morpholine rings is 1. The minimum Gasteiger partial charge on any atom is -0.375 e. The summed E-state index contributed by atoms with van der Waals surface area (Å²) in [5.41, 5.74) is 0. The summed E-state index contributed by atoms with van der Waals surface area (Å²) in [6.07, 6.45) is 4.67. The lowest BCUT2D eigenvalue weighted by Gasteiger charge is -2.40. The summed E-state index contributed by atoms with van der Waals surface area (Å²) in [5.74, 6) is 0.315. The highest BCUT2D eigenvalue weighted by Crippen LogP contribution is 2.32. The fraction of sp³-hybridized carbons (Fsp3) is 0.923. The largest absolute Gasteiger partial charge is 0.375 e. The molecule has 3 heterocycles. The molecule has 0 spiro atoms. The van der Waals surface area contributed by atoms with E-state index >= 15 is 0 Å². The standard InChI is InChI=1S/C13H22N2O2/c1-2-13(16)14-5-3-10(4-6-14)15-8-12-7-11(15)9-17-12/h10-12H,2-9H2,1H3. The van der Waals surface area contributed by atoms with Gasteiger partial charge in [-0.3, -0.25) is 9.69 Å². The number of carbonyl (C=O) groups excluding carboxylic acids is 1. The Kier molecular flexibility index (Phi) is 3.09. The molecule has 0 saturated carbocycles. The van der Waals surface area contributed by atoms with Crippen molar-refractivity contribution in [2.75, 3.05) is 26.2 Å². The average Bonchev–Trinajstić information content (AvgIpc) is 3.00. The van der Waals surface area contributed by atoms with E-state index in [4.69, 9.17) is 4.74 Å². The molecule has 0 aromatic carbocycles. The van der Waals surface area contributed by atoms with E-state index in [0.29, 0.717) is 30.5 Å². The molecule has 0 aromatic rings. The van der Waals surface area contributed by atoms with E-state index in [2.05, 4.69) is 4.90 Å². The average molecular weight is 238 g/mol. The summed E-state index contributed by atoms with van der Waals surface area (Å²) < 4.78 is 5.64. The zero-order chi connectivity index (χ0) is 11.8. The van der Waals surface area contributed by atoms with Crippen molar-refractivity contribution in [3.8, 4) is 0 Å². The molecule has 3 aliphatic heterocycles. The molecule has 2 bridgehead atoms. The molecule has 4 nitrogen and oxygen atoms in total. The van der Waals surface area contributed by atoms with Crippen LogP contribution in [-0.2, 0) is 9.53 Å². The van der Waals surface area contributed by atoms with Crippen molar-refractivity contribution >= 4 is 5.91 Å². The van der Waals surface area contributed by atoms with E-state index in [1.54, 1.807) is 0 Å². The number of hydrogen-bond donors (Lipinski definition) is 0. The number of ether oxygens (including phenoxy) is 1. The van der Waals surface area contributed by atoms with Crippen molar-refractivity contribution in [1.82, 2.24) is 9.80 Å². The lowest BCUT2D eigenvalue weighted by molar-refractivity contribution is -0.132. The van der Waals surface area contributed by atoms with Crippen LogP contribution in [0.4, 0.5) is 0 Å². The van der Waals surface area contributed by atoms with Crippen molar-refractivity contribution in [2.45, 2.75) is 50.8 Å². The fourth-order valence-corrected chi connectivity index (χ4v) is 3.55. The van der Waals surface area contributed by atoms with Gasteiger partial charge in [0, 0.05) is 38.1 Å². The van der Waals surface area contributed by atoms with Crippen LogP contribution in [0.3, 0.4) is 0 Å². The lowest BCUT2D eigenvalue weighted by Crippen LogP contribution is -2.50. The first-order valence-corrected chi connectivity index (χ1v) is 6.93. The second kappa shape index (κ2) is 4.58. The van der Waals surface area contributed by atoms with Gasteiger partial charge in [-0.25, -0.2) is 0 Å². The summed E-state index contributed by atoms with van der Waals surface area (Å²) in [7, 11) is 0. The van der Waals surface area contributed by atoms with Crippen LogP contribution in [0.25, 0.3) is 0 Å². The second-order valence-electron chi connectivity index (χ2n) is 5.51. The topological polar surface area (TPSA) is 32.8 Å². The van der Waals surface area contributed by atoms with Crippen LogP contribution >= 0.6 is 0 Å². The van der Waals surface area contributed by atoms with Gasteiger partial charge in [0.1, 0.15) is 0 Å². The van der Waals surface area contributed by atoms with Gasteiger partial charge >= 0.3 is 0 Å². The number of piperidine rings is 1. The third-order valence-corrected chi connectivity index (χ3v) is 4.53. The summed E-state index contributed by atoms with van der Waals surface area (Å²) in [4.78, 5) is 16.3. The van der Waals surface area contributed by atoms with Gasteiger partial charge in [-0.1, -0.05) is 6.92 Å². The number of likely N-dealkylation sites (tertiary alicyclic amines) is 2. The van der Waals surface area contributed by atoms with Crippen molar-refractivity contribution in [1.29, 1.82) is 0 Å². The molecule has 0 radical (unpaired) electrons. The Balaban J connectivity index is 1.53. The molecule has 3 fully saturated rings. The molecule has 3 saturated heterocycles. The Hall–Kier alpha value is -0.610. The van der Waals surface area contributed by atoms with Gasteiger partial charge in [0.2, 0.25) is 5.91 Å². The zero-order valence-electron chi connectivity index (χ0n) is 10.6. The first kappa shape index (κ1) is 11.5. The van der Waals surface area contributed by atoms with Crippen molar-refractivity contribution < 1.29 is 9.53 Å². The SMILES string of the molecule is CCC(=O)N1CCC(N2CC3CC2CO3)CC1. The molecule has 4 heteroatoms. The van der Waals surface area contributed by atoms with Gasteiger partial charge in [0.05, 0.1) is 12.7 Å². The van der Waals surface area contributed by atoms with Gasteiger partial charge in [-0.05, 0) is 19.3 Å². The fourth-order valence-electron chi connectivity index (χ4n) is 3.55. The van der Waals surface area contributed by atoms with Crippen LogP contribution in [0.1, 0.15) is 32.6 Å². The zero-order valence-corrected chi connectivity index (χ0v) is 10.6. The lowest BCUT2D eigenvalue weighted by atomic mass is 10.0. The third kappa shape index (κ3) is 2.08. The molecular formula is C13H22N2O2. The van der Waals surface area contributed by atoms with Gasteiger partial charge in [0.25, 0.3) is 0 Å². The molecule has 1 amide bonds. The Morgan fingerprint density at radius 3 is 2.59 bits per heavy atom. The van der Waals surface area contributed by atoms with E-state index in [1.807, 2.05) is 11.8 Å². The monoisotopic (exact) mass is 238 g/mol. The molecule has 96 valence electrons. The molecule has 2 atom stereocenters. The minimum absolute atomic E-state index is 0.315. The first-order chi connectivity index (χ1) is 8.28. The molecule has 3 aliphatic rings. The van der Waals surface area contributed by atoms with Crippen LogP contribution in [0.5, 0.6) is 0 Å². The quantitative estimate of drug-likeness (QED) is 0.715. The van der Waals surface area contributed by atoms with Crippen LogP contribution < -0.4 is 0 Å². The minimum atomic E-state index is 0.315. The molecule has 0 aliphatic carbocycles. The summed E-state index contributed by atoms with van der Waals surface area (Å²) >= 11 is 0. The number of nitrogens with zero attached hydrogens (tertiary/aromatic N) is 2. The highest BCUT2D eigenvalue weighted by atomic mass is 16.5. The van der Waals surface area contributed by atoms with Crippen LogP contribution in [0, 0.1) is 0 Å². The van der Waals surface area contributed by atoms with Gasteiger partial charge in [0.15, 0.2) is 0 Å². The molecule has 3 rings (SSSR count). The van der Waals surface area contributed by atoms with E-state index in [0.717, 1.165) is 39.1 Å². The summed E-state index contributed by atoms with van der Waals surface area (Å²) in [6.45, 7) is 5.90. The highest BCUT2D eigenvalue weighted by molar-refractivity contribution is 5.75. The van der Waals surface area contributed by atoms with Gasteiger partial charge < -0.3 is 9.64 Å². The molecular weight excluding hydrogens is 216 g/mol. The maximum absolute atomic E-state index is 11.6. The molecule has 0 N–H and O–H groups in total. The number of amides is 1. The van der Waals surface area contributed by atoms with Crippen LogP contribution in [-0.4, -0.2) is 60.1 Å². The predicted molar refractivity (Wildman–Crippen MR) is 64.7 cm³/mol. The summed E-state index contributed by atoms with van der Waals surface area (Å²) in [5, 5.41) is 0. The van der Waals surface area contributed by atoms with E-state index in [1.165, 1.54) is 6.42 Å². The normalized spacial score (nSPS) is 34.5. The van der Waals surface area contributed by atoms with E-state index in [-0.39, 0.29) is 0 Å². The van der Waals surface area contributed by atoms with Crippen molar-refractivity contribution in [3.05, 3.63) is 0 Å². The highest BCUT2D eigenvalue weighted by Gasteiger charge is 2.42. The van der Waals surface area contributed by atoms with E-state index in [9.17, 15) is 4.79 Å². The Morgan fingerprint density at radius 1 is 1.29 bits per heavy atom. The second-order valence-corrected chi connectivity index (χ2v) is 5.51. The number of carbonyl (C=O) groups is 1. The Bertz CT molecular complexity index is 300. The first-order valence-electron chi connectivity index (χ1n) is 6.93. The van der Waals surface area contributed by atoms with Crippen molar-refractivity contribution in [2.24, 2.45) is 0 Å². The molecule has 17 heavy (non-hydrogen) atoms. The smallest absolute Gasteiger partial charge is 0.222 e. The Morgan fingerprint density at radius 2 is 2.06 bits per heavy atom. The van der Waals surface area contributed by atoms with Gasteiger partial charge in [-0.15, -0.1) is 0 Å². The van der Waals surface area contributed by atoms with Crippen LogP contribution in [0.15, 0.2) is 0 Å². The summed E-state index contributed by atoms with van der Waals surface area (Å²) in [6, 6.07) is 1.35. The Labute approximate surface area is 103 Å². The maximum Gasteiger partial charge on any atom is 0.222 e. The number of hydrogen-bond acceptors (Lipinski definition) is 3. The van der Waals surface area contributed by atoms with E-state index < -0.39 is 0 Å². The predicted octanol–water partition coefficient (Wildman–Crippen LogP) is 0.861. The third-order valence-electron chi connectivity index (χ3n) is 4.53. The van der Waals surface area contributed by atoms with Gasteiger partial charge in [-0.2, -0.15) is 0 Å².